The maximum atomic E-state index is 13.4. The standard InChI is InChI=1S/C30H29ClN2O4/c1-2-37-23-15-16-25(31)24(19-23)28(34)26-27(20-9-5-3-6-10-20)33(30(36)29(26)35)22-13-11-21(12-14-22)32-17-7-4-8-18-32/h3,5-6,9-16,19,27,34H,2,4,7-8,17-18H2,1H3/b28-26+. The number of aliphatic hydroxyl groups is 1. The predicted molar refractivity (Wildman–Crippen MR) is 146 cm³/mol. The zero-order valence-electron chi connectivity index (χ0n) is 20.7. The number of carbonyl (C=O) groups is 2. The van der Waals surface area contributed by atoms with E-state index in [1.54, 1.807) is 18.2 Å². The van der Waals surface area contributed by atoms with Crippen molar-refractivity contribution in [1.29, 1.82) is 0 Å². The van der Waals surface area contributed by atoms with Crippen molar-refractivity contribution >= 4 is 40.4 Å². The Kier molecular flexibility index (Phi) is 7.19. The Bertz CT molecular complexity index is 1330. The molecule has 0 aromatic heterocycles. The highest BCUT2D eigenvalue weighted by Gasteiger charge is 2.47. The van der Waals surface area contributed by atoms with Crippen molar-refractivity contribution in [3.05, 3.63) is 94.5 Å². The van der Waals surface area contributed by atoms with Gasteiger partial charge in [0.05, 0.1) is 23.2 Å². The summed E-state index contributed by atoms with van der Waals surface area (Å²) in [5.41, 5.74) is 2.63. The van der Waals surface area contributed by atoms with Gasteiger partial charge >= 0.3 is 0 Å². The quantitative estimate of drug-likeness (QED) is 0.235. The van der Waals surface area contributed by atoms with Crippen LogP contribution >= 0.6 is 11.6 Å². The van der Waals surface area contributed by atoms with Gasteiger partial charge in [-0.3, -0.25) is 14.5 Å². The molecule has 0 radical (unpaired) electrons. The first-order valence-corrected chi connectivity index (χ1v) is 13.0. The van der Waals surface area contributed by atoms with E-state index in [1.165, 1.54) is 11.3 Å². The Hall–Kier alpha value is -3.77. The zero-order chi connectivity index (χ0) is 25.9. The van der Waals surface area contributed by atoms with Crippen LogP contribution in [0.1, 0.15) is 43.4 Å². The Morgan fingerprint density at radius 2 is 1.62 bits per heavy atom. The summed E-state index contributed by atoms with van der Waals surface area (Å²) in [5.74, 6) is -1.28. The minimum Gasteiger partial charge on any atom is -0.507 e. The first-order valence-electron chi connectivity index (χ1n) is 12.6. The van der Waals surface area contributed by atoms with Gasteiger partial charge in [0.1, 0.15) is 11.5 Å². The molecule has 0 aliphatic carbocycles. The molecule has 0 saturated carbocycles. The third-order valence-electron chi connectivity index (χ3n) is 6.91. The molecule has 0 spiro atoms. The lowest BCUT2D eigenvalue weighted by molar-refractivity contribution is -0.132. The summed E-state index contributed by atoms with van der Waals surface area (Å²) in [4.78, 5) is 30.7. The van der Waals surface area contributed by atoms with Crippen LogP contribution in [-0.2, 0) is 9.59 Å². The van der Waals surface area contributed by atoms with E-state index in [4.69, 9.17) is 16.3 Å². The highest BCUT2D eigenvalue weighted by molar-refractivity contribution is 6.52. The Labute approximate surface area is 221 Å². The van der Waals surface area contributed by atoms with E-state index in [0.717, 1.165) is 31.6 Å². The molecule has 3 aromatic carbocycles. The molecule has 3 aromatic rings. The molecule has 1 amide bonds. The summed E-state index contributed by atoms with van der Waals surface area (Å²) in [5, 5.41) is 11.7. The first-order chi connectivity index (χ1) is 18.0. The largest absolute Gasteiger partial charge is 0.507 e. The van der Waals surface area contributed by atoms with Gasteiger partial charge in [-0.15, -0.1) is 0 Å². The van der Waals surface area contributed by atoms with Crippen molar-refractivity contribution in [2.24, 2.45) is 0 Å². The fourth-order valence-corrected chi connectivity index (χ4v) is 5.32. The Morgan fingerprint density at radius 1 is 0.946 bits per heavy atom. The normalized spacial score (nSPS) is 19.4. The second kappa shape index (κ2) is 10.7. The zero-order valence-corrected chi connectivity index (χ0v) is 21.4. The molecule has 6 nitrogen and oxygen atoms in total. The van der Waals surface area contributed by atoms with E-state index < -0.39 is 17.7 Å². The number of benzene rings is 3. The first kappa shape index (κ1) is 24.9. The molecule has 5 rings (SSSR count). The van der Waals surface area contributed by atoms with Crippen LogP contribution in [0, 0.1) is 0 Å². The van der Waals surface area contributed by atoms with Crippen molar-refractivity contribution in [3.63, 3.8) is 0 Å². The van der Waals surface area contributed by atoms with Gasteiger partial charge in [0.2, 0.25) is 0 Å². The number of halogens is 1. The number of nitrogens with zero attached hydrogens (tertiary/aromatic N) is 2. The second-order valence-corrected chi connectivity index (χ2v) is 9.63. The molecular formula is C30H29ClN2O4. The molecule has 2 aliphatic rings. The minimum absolute atomic E-state index is 0.00754. The number of ether oxygens (including phenoxy) is 1. The van der Waals surface area contributed by atoms with Crippen molar-refractivity contribution in [2.45, 2.75) is 32.2 Å². The van der Waals surface area contributed by atoms with Gasteiger partial charge in [-0.1, -0.05) is 41.9 Å². The minimum atomic E-state index is -0.811. The Balaban J connectivity index is 1.61. The Morgan fingerprint density at radius 3 is 2.30 bits per heavy atom. The predicted octanol–water partition coefficient (Wildman–Crippen LogP) is 6.36. The highest BCUT2D eigenvalue weighted by atomic mass is 35.5. The molecule has 1 unspecified atom stereocenters. The van der Waals surface area contributed by atoms with Crippen molar-refractivity contribution < 1.29 is 19.4 Å². The molecule has 2 aliphatic heterocycles. The lowest BCUT2D eigenvalue weighted by Crippen LogP contribution is -2.30. The van der Waals surface area contributed by atoms with E-state index in [0.29, 0.717) is 23.6 Å². The summed E-state index contributed by atoms with van der Waals surface area (Å²) in [7, 11) is 0. The molecule has 190 valence electrons. The molecule has 0 bridgehead atoms. The number of hydrogen-bond donors (Lipinski definition) is 1. The van der Waals surface area contributed by atoms with Crippen molar-refractivity contribution in [1.82, 2.24) is 0 Å². The van der Waals surface area contributed by atoms with E-state index in [2.05, 4.69) is 4.90 Å². The maximum absolute atomic E-state index is 13.4. The van der Waals surface area contributed by atoms with Gasteiger partial charge < -0.3 is 14.7 Å². The SMILES string of the molecule is CCOc1ccc(Cl)c(/C(O)=C2\C(=O)C(=O)N(c3ccc(N4CCCCC4)cc3)C2c2ccccc2)c1. The summed E-state index contributed by atoms with van der Waals surface area (Å²) in [6, 6.07) is 21.0. The third-order valence-corrected chi connectivity index (χ3v) is 7.24. The van der Waals surface area contributed by atoms with Crippen LogP contribution in [0.15, 0.2) is 78.4 Å². The number of ketones is 1. The maximum Gasteiger partial charge on any atom is 0.300 e. The lowest BCUT2D eigenvalue weighted by Gasteiger charge is -2.30. The number of hydrogen-bond acceptors (Lipinski definition) is 5. The molecule has 2 fully saturated rings. The van der Waals surface area contributed by atoms with Crippen LogP contribution in [0.3, 0.4) is 0 Å². The van der Waals surface area contributed by atoms with E-state index in [1.807, 2.05) is 61.5 Å². The smallest absolute Gasteiger partial charge is 0.300 e. The molecule has 2 heterocycles. The molecule has 37 heavy (non-hydrogen) atoms. The number of anilines is 2. The van der Waals surface area contributed by atoms with E-state index in [-0.39, 0.29) is 21.9 Å². The van der Waals surface area contributed by atoms with Crippen LogP contribution in [0.5, 0.6) is 5.75 Å². The van der Waals surface area contributed by atoms with E-state index >= 15 is 0 Å². The molecular weight excluding hydrogens is 488 g/mol. The average molecular weight is 517 g/mol. The van der Waals surface area contributed by atoms with Gasteiger partial charge in [-0.2, -0.15) is 0 Å². The lowest BCUT2D eigenvalue weighted by atomic mass is 9.95. The summed E-state index contributed by atoms with van der Waals surface area (Å²) in [6.45, 7) is 4.31. The van der Waals surface area contributed by atoms with Gasteiger partial charge in [0.25, 0.3) is 11.7 Å². The summed E-state index contributed by atoms with van der Waals surface area (Å²) >= 11 is 6.43. The number of Topliss-reactive ketones (excluding diaryl/α,β-unsaturated/α-hetero) is 1. The number of carbonyl (C=O) groups excluding carboxylic acids is 2. The van der Waals surface area contributed by atoms with Crippen LogP contribution in [0.4, 0.5) is 11.4 Å². The van der Waals surface area contributed by atoms with Gasteiger partial charge in [0.15, 0.2) is 0 Å². The van der Waals surface area contributed by atoms with Crippen LogP contribution in [0.25, 0.3) is 5.76 Å². The van der Waals surface area contributed by atoms with Crippen LogP contribution in [-0.4, -0.2) is 36.5 Å². The highest BCUT2D eigenvalue weighted by Crippen LogP contribution is 2.43. The number of amides is 1. The topological polar surface area (TPSA) is 70.1 Å². The molecule has 7 heteroatoms. The second-order valence-electron chi connectivity index (χ2n) is 9.22. The van der Waals surface area contributed by atoms with Crippen LogP contribution in [0.2, 0.25) is 5.02 Å². The van der Waals surface area contributed by atoms with Crippen molar-refractivity contribution in [3.8, 4) is 5.75 Å². The van der Waals surface area contributed by atoms with E-state index in [9.17, 15) is 14.7 Å². The number of aliphatic hydroxyl groups excluding tert-OH is 1. The van der Waals surface area contributed by atoms with Gasteiger partial charge in [-0.25, -0.2) is 0 Å². The summed E-state index contributed by atoms with van der Waals surface area (Å²) < 4.78 is 5.57. The monoisotopic (exact) mass is 516 g/mol. The molecule has 1 N–H and O–H groups in total. The average Bonchev–Trinajstić information content (AvgIpc) is 3.20. The fraction of sp³-hybridized carbons (Fsp3) is 0.267. The third kappa shape index (κ3) is 4.81. The molecule has 2 saturated heterocycles. The van der Waals surface area contributed by atoms with Gasteiger partial charge in [0, 0.05) is 30.0 Å². The number of piperidine rings is 1. The summed E-state index contributed by atoms with van der Waals surface area (Å²) in [6.07, 6.45) is 3.57. The van der Waals surface area contributed by atoms with Gasteiger partial charge in [-0.05, 0) is 74.2 Å². The van der Waals surface area contributed by atoms with Crippen LogP contribution < -0.4 is 14.5 Å². The number of rotatable bonds is 6. The van der Waals surface area contributed by atoms with Crippen molar-refractivity contribution in [2.75, 3.05) is 29.5 Å². The molecule has 1 atom stereocenters. The fourth-order valence-electron chi connectivity index (χ4n) is 5.11.